The Morgan fingerprint density at radius 2 is 1.94 bits per heavy atom. The van der Waals surface area contributed by atoms with Crippen molar-refractivity contribution in [3.8, 4) is 0 Å². The Bertz CT molecular complexity index is 1390. The number of sulfone groups is 1. The van der Waals surface area contributed by atoms with Crippen molar-refractivity contribution < 1.29 is 13.2 Å². The van der Waals surface area contributed by atoms with Crippen molar-refractivity contribution in [2.45, 2.75) is 19.4 Å². The number of fused-ring (bicyclic) bond motifs is 1. The van der Waals surface area contributed by atoms with Crippen LogP contribution in [0, 0.1) is 6.92 Å². The normalized spacial score (nSPS) is 24.6. The number of likely N-dealkylation sites (N-methyl/N-ethyl adjacent to an activating group) is 1. The minimum Gasteiger partial charge on any atom is -0.353 e. The Kier molecular flexibility index (Phi) is 6.03. The predicted octanol–water partition coefficient (Wildman–Crippen LogP) is 1.14. The summed E-state index contributed by atoms with van der Waals surface area (Å²) in [6.07, 6.45) is 3.63. The molecule has 3 aliphatic heterocycles. The Morgan fingerprint density at radius 3 is 2.62 bits per heavy atom. The molecule has 5 heterocycles. The quantitative estimate of drug-likeness (QED) is 0.437. The fourth-order valence-corrected chi connectivity index (χ4v) is 7.67. The summed E-state index contributed by atoms with van der Waals surface area (Å²) < 4.78 is 25.7. The Hall–Kier alpha value is -2.28. The number of carbonyl (C=O) groups is 1. The van der Waals surface area contributed by atoms with E-state index in [1.165, 1.54) is 9.30 Å². The third-order valence-electron chi connectivity index (χ3n) is 6.54. The first-order chi connectivity index (χ1) is 16.1. The van der Waals surface area contributed by atoms with Gasteiger partial charge in [-0.05, 0) is 38.1 Å². The minimum absolute atomic E-state index is 0.0522. The molecule has 3 fully saturated rings. The highest BCUT2D eigenvalue weighted by Crippen LogP contribution is 2.37. The zero-order valence-corrected chi connectivity index (χ0v) is 21.4. The van der Waals surface area contributed by atoms with Crippen LogP contribution < -0.4 is 10.5 Å². The second-order valence-electron chi connectivity index (χ2n) is 8.94. The summed E-state index contributed by atoms with van der Waals surface area (Å²) in [7, 11) is -1.12. The van der Waals surface area contributed by atoms with Crippen molar-refractivity contribution >= 4 is 61.6 Å². The number of thioether (sulfide) groups is 1. The summed E-state index contributed by atoms with van der Waals surface area (Å²) in [5.41, 5.74) is 1.56. The van der Waals surface area contributed by atoms with Crippen molar-refractivity contribution in [3.63, 3.8) is 0 Å². The monoisotopic (exact) mass is 519 g/mol. The molecule has 0 N–H and O–H groups in total. The van der Waals surface area contributed by atoms with E-state index in [0.717, 1.165) is 30.4 Å². The van der Waals surface area contributed by atoms with Gasteiger partial charge < -0.3 is 9.80 Å². The summed E-state index contributed by atoms with van der Waals surface area (Å²) in [6.45, 7) is 5.02. The van der Waals surface area contributed by atoms with Crippen molar-refractivity contribution in [1.29, 1.82) is 0 Å². The third-order valence-corrected chi connectivity index (χ3v) is 9.62. The van der Waals surface area contributed by atoms with Crippen molar-refractivity contribution in [1.82, 2.24) is 19.2 Å². The smallest absolute Gasteiger partial charge is 0.267 e. The Balaban J connectivity index is 1.60. The van der Waals surface area contributed by atoms with Crippen LogP contribution in [0.4, 0.5) is 5.82 Å². The highest BCUT2D eigenvalue weighted by molar-refractivity contribution is 8.26. The summed E-state index contributed by atoms with van der Waals surface area (Å²) >= 11 is 6.55. The number of amides is 1. The van der Waals surface area contributed by atoms with Crippen LogP contribution in [0.25, 0.3) is 11.7 Å². The molecule has 1 unspecified atom stereocenters. The van der Waals surface area contributed by atoms with Gasteiger partial charge in [0.2, 0.25) is 0 Å². The van der Waals surface area contributed by atoms with Crippen molar-refractivity contribution in [3.05, 3.63) is 44.7 Å². The maximum absolute atomic E-state index is 13.6. The van der Waals surface area contributed by atoms with Crippen molar-refractivity contribution in [2.24, 2.45) is 0 Å². The van der Waals surface area contributed by atoms with E-state index >= 15 is 0 Å². The summed E-state index contributed by atoms with van der Waals surface area (Å²) in [6, 6.07) is 3.25. The molecule has 0 saturated carbocycles. The standard InChI is InChI=1S/C22H25N5O4S3/c1-14-4-3-6-26-18(14)23-19(25-9-7-24(2)8-10-25)16(20(26)28)12-17-21(29)27(22(32)33-17)15-5-11-34(30,31)13-15/h3-4,6,12,15H,5,7-11,13H2,1-2H3. The average Bonchev–Trinajstić information content (AvgIpc) is 3.28. The molecule has 0 aromatic carbocycles. The van der Waals surface area contributed by atoms with Crippen LogP contribution >= 0.6 is 24.0 Å². The second kappa shape index (κ2) is 8.74. The number of hydrogen-bond donors (Lipinski definition) is 0. The number of aryl methyl sites for hydroxylation is 1. The van der Waals surface area contributed by atoms with Crippen LogP contribution in [0.5, 0.6) is 0 Å². The number of pyridine rings is 1. The maximum atomic E-state index is 13.6. The van der Waals surface area contributed by atoms with E-state index < -0.39 is 15.9 Å². The fraction of sp³-hybridized carbons (Fsp3) is 0.455. The molecule has 0 aliphatic carbocycles. The SMILES string of the molecule is Cc1cccn2c(=O)c(C=C3SC(=S)N(C4CCS(=O)(=O)C4)C3=O)c(N3CCN(C)CC3)nc12. The van der Waals surface area contributed by atoms with E-state index in [9.17, 15) is 18.0 Å². The first-order valence-corrected chi connectivity index (χ1v) is 14.1. The molecule has 180 valence electrons. The van der Waals surface area contributed by atoms with Gasteiger partial charge in [-0.3, -0.25) is 18.9 Å². The number of hydrogen-bond acceptors (Lipinski definition) is 9. The van der Waals surface area contributed by atoms with Crippen LogP contribution in [-0.4, -0.2) is 88.6 Å². The molecule has 2 aromatic rings. The third kappa shape index (κ3) is 4.16. The van der Waals surface area contributed by atoms with Gasteiger partial charge in [0, 0.05) is 32.4 Å². The van der Waals surface area contributed by atoms with Gasteiger partial charge in [-0.1, -0.05) is 30.0 Å². The van der Waals surface area contributed by atoms with Gasteiger partial charge in [0.05, 0.1) is 28.0 Å². The molecule has 34 heavy (non-hydrogen) atoms. The highest BCUT2D eigenvalue weighted by atomic mass is 32.2. The molecule has 5 rings (SSSR count). The maximum Gasteiger partial charge on any atom is 0.267 e. The zero-order chi connectivity index (χ0) is 24.2. The van der Waals surface area contributed by atoms with Crippen LogP contribution in [0.3, 0.4) is 0 Å². The largest absolute Gasteiger partial charge is 0.353 e. The molecule has 9 nitrogen and oxygen atoms in total. The zero-order valence-electron chi connectivity index (χ0n) is 18.9. The van der Waals surface area contributed by atoms with Gasteiger partial charge in [0.15, 0.2) is 9.84 Å². The Labute approximate surface area is 207 Å². The van der Waals surface area contributed by atoms with E-state index in [-0.39, 0.29) is 23.0 Å². The number of anilines is 1. The van der Waals surface area contributed by atoms with Gasteiger partial charge in [0.1, 0.15) is 15.8 Å². The van der Waals surface area contributed by atoms with Gasteiger partial charge in [-0.15, -0.1) is 0 Å². The summed E-state index contributed by atoms with van der Waals surface area (Å²) in [5, 5.41) is 0. The molecule has 0 spiro atoms. The number of thiocarbonyl (C=S) groups is 1. The van der Waals surface area contributed by atoms with E-state index in [0.29, 0.717) is 45.8 Å². The first kappa shape index (κ1) is 23.5. The summed E-state index contributed by atoms with van der Waals surface area (Å²) in [5.74, 6) is 0.172. The number of nitrogens with zero attached hydrogens (tertiary/aromatic N) is 5. The number of rotatable bonds is 3. The van der Waals surface area contributed by atoms with Crippen molar-refractivity contribution in [2.75, 3.05) is 49.6 Å². The first-order valence-electron chi connectivity index (χ1n) is 11.1. The van der Waals surface area contributed by atoms with Crippen LogP contribution in [-0.2, 0) is 14.6 Å². The Morgan fingerprint density at radius 1 is 1.21 bits per heavy atom. The molecular formula is C22H25N5O4S3. The molecule has 0 radical (unpaired) electrons. The predicted molar refractivity (Wildman–Crippen MR) is 138 cm³/mol. The lowest BCUT2D eigenvalue weighted by atomic mass is 10.2. The van der Waals surface area contributed by atoms with Crippen LogP contribution in [0.15, 0.2) is 28.0 Å². The molecule has 3 saturated heterocycles. The molecular weight excluding hydrogens is 494 g/mol. The number of piperazine rings is 1. The molecule has 2 aromatic heterocycles. The van der Waals surface area contributed by atoms with E-state index in [1.807, 2.05) is 13.0 Å². The lowest BCUT2D eigenvalue weighted by Gasteiger charge is -2.34. The molecule has 1 atom stereocenters. The van der Waals surface area contributed by atoms with Gasteiger partial charge in [-0.2, -0.15) is 0 Å². The number of carbonyl (C=O) groups excluding carboxylic acids is 1. The van der Waals surface area contributed by atoms with Gasteiger partial charge >= 0.3 is 0 Å². The van der Waals surface area contributed by atoms with Crippen LogP contribution in [0.2, 0.25) is 0 Å². The second-order valence-corrected chi connectivity index (χ2v) is 12.8. The van der Waals surface area contributed by atoms with E-state index in [4.69, 9.17) is 17.2 Å². The molecule has 1 amide bonds. The average molecular weight is 520 g/mol. The molecule has 0 bridgehead atoms. The molecule has 12 heteroatoms. The lowest BCUT2D eigenvalue weighted by Crippen LogP contribution is -2.45. The number of aromatic nitrogens is 2. The minimum atomic E-state index is -3.17. The topological polar surface area (TPSA) is 95.3 Å². The highest BCUT2D eigenvalue weighted by Gasteiger charge is 2.42. The van der Waals surface area contributed by atoms with Gasteiger partial charge in [0.25, 0.3) is 11.5 Å². The molecule has 3 aliphatic rings. The van der Waals surface area contributed by atoms with Crippen LogP contribution in [0.1, 0.15) is 17.5 Å². The van der Waals surface area contributed by atoms with E-state index in [1.54, 1.807) is 18.3 Å². The lowest BCUT2D eigenvalue weighted by molar-refractivity contribution is -0.123. The summed E-state index contributed by atoms with van der Waals surface area (Å²) in [4.78, 5) is 37.8. The fourth-order valence-electron chi connectivity index (χ4n) is 4.59. The van der Waals surface area contributed by atoms with Gasteiger partial charge in [-0.25, -0.2) is 13.4 Å². The van der Waals surface area contributed by atoms with E-state index in [2.05, 4.69) is 16.8 Å².